The number of hydrogen-bond donors (Lipinski definition) is 8. The molecule has 0 fully saturated rings. The molecule has 10 N–H and O–H groups in total. The molecule has 0 spiro atoms. The van der Waals surface area contributed by atoms with Crippen molar-refractivity contribution in [3.05, 3.63) is 33.9 Å². The van der Waals surface area contributed by atoms with Crippen molar-refractivity contribution in [1.82, 2.24) is 14.5 Å². The number of hydrogen-bond acceptors (Lipinski definition) is 12. The Morgan fingerprint density at radius 1 is 1.20 bits per heavy atom. The molecule has 0 saturated heterocycles. The van der Waals surface area contributed by atoms with Gasteiger partial charge in [0.2, 0.25) is 5.95 Å². The van der Waals surface area contributed by atoms with Crippen molar-refractivity contribution in [2.45, 2.75) is 12.3 Å². The van der Waals surface area contributed by atoms with E-state index in [4.69, 9.17) is 26.0 Å². The number of anilines is 1. The Bertz CT molecular complexity index is 1430. The van der Waals surface area contributed by atoms with Crippen LogP contribution in [0.15, 0.2) is 22.8 Å². The molecular formula is C14H18N5O13P3. The molecule has 1 aliphatic heterocycles. The van der Waals surface area contributed by atoms with Crippen LogP contribution in [0.3, 0.4) is 0 Å². The number of H-pyrrole nitrogens is 1. The molecule has 18 nitrogen and oxygen atoms in total. The van der Waals surface area contributed by atoms with Gasteiger partial charge in [-0.05, 0) is 0 Å². The van der Waals surface area contributed by atoms with E-state index >= 15 is 0 Å². The van der Waals surface area contributed by atoms with Gasteiger partial charge in [0.15, 0.2) is 11.9 Å². The molecule has 2 aromatic heterocycles. The van der Waals surface area contributed by atoms with E-state index in [0.717, 1.165) is 6.08 Å². The number of nitrogen functional groups attached to an aromatic ring is 1. The summed E-state index contributed by atoms with van der Waals surface area (Å²) in [6.45, 7) is -0.937. The van der Waals surface area contributed by atoms with Crippen molar-refractivity contribution in [2.75, 3.05) is 18.9 Å². The lowest BCUT2D eigenvalue weighted by molar-refractivity contribution is -0.0211. The van der Waals surface area contributed by atoms with Gasteiger partial charge in [-0.2, -0.15) is 13.6 Å². The molecule has 0 bridgehead atoms. The largest absolute Gasteiger partial charge is 0.510 e. The van der Waals surface area contributed by atoms with Crippen LogP contribution in [0.4, 0.5) is 5.95 Å². The minimum atomic E-state index is -5.71. The topological polar surface area (TPSA) is 292 Å². The van der Waals surface area contributed by atoms with Crippen molar-refractivity contribution in [3.8, 4) is 11.8 Å². The van der Waals surface area contributed by atoms with Gasteiger partial charge < -0.3 is 45.5 Å². The number of aromatic nitrogens is 3. The summed E-state index contributed by atoms with van der Waals surface area (Å²) in [5, 5.41) is 10.2. The number of nitrogens with one attached hydrogen (secondary N) is 1. The number of aliphatic hydroxyl groups excluding tert-OH is 1. The number of ether oxygens (including phenoxy) is 1. The number of aromatic amines is 1. The Hall–Kier alpha value is -2.35. The van der Waals surface area contributed by atoms with Gasteiger partial charge in [0, 0.05) is 12.3 Å². The first kappa shape index (κ1) is 27.2. The molecule has 192 valence electrons. The SMILES string of the molecule is NCC#Cc1cn([C@H]2C=C(O)[C@@H](COP(=O)(O)OP(=O)(O)OP(=O)(O)O)O2)c2nc(N)[nH]c(=O)c12. The maximum absolute atomic E-state index is 12.4. The van der Waals surface area contributed by atoms with Crippen LogP contribution in [0.25, 0.3) is 11.0 Å². The molecule has 35 heavy (non-hydrogen) atoms. The molecular weight excluding hydrogens is 539 g/mol. The zero-order valence-corrected chi connectivity index (χ0v) is 19.8. The van der Waals surface area contributed by atoms with Gasteiger partial charge in [0.05, 0.1) is 24.1 Å². The van der Waals surface area contributed by atoms with E-state index < -0.39 is 53.7 Å². The summed E-state index contributed by atoms with van der Waals surface area (Å²) in [4.78, 5) is 54.5. The standard InChI is InChI=1S/C14H18N5O13P3/c15-3-1-2-7-5-19(12-11(7)13(21)18-14(16)17-12)10-4-8(20)9(30-10)6-29-34(25,26)32-35(27,28)31-33(22,23)24/h4-5,9-10,20H,3,6,15H2,(H,25,26)(H,27,28)(H2,22,23,24)(H3,16,17,18,21)/t9-,10-/m1/s1. The third-order valence-corrected chi connectivity index (χ3v) is 7.85. The van der Waals surface area contributed by atoms with Crippen LogP contribution in [0.2, 0.25) is 0 Å². The summed E-state index contributed by atoms with van der Waals surface area (Å²) < 4.78 is 52.4. The zero-order chi connectivity index (χ0) is 26.2. The minimum absolute atomic E-state index is 0.00370. The molecule has 0 aliphatic carbocycles. The normalized spacial score (nSPS) is 21.7. The number of fused-ring (bicyclic) bond motifs is 1. The second-order valence-electron chi connectivity index (χ2n) is 6.60. The van der Waals surface area contributed by atoms with Crippen LogP contribution >= 0.6 is 23.5 Å². The Balaban J connectivity index is 1.79. The van der Waals surface area contributed by atoms with E-state index in [1.807, 2.05) is 0 Å². The number of rotatable bonds is 8. The molecule has 2 aromatic rings. The predicted molar refractivity (Wildman–Crippen MR) is 115 cm³/mol. The van der Waals surface area contributed by atoms with Crippen molar-refractivity contribution in [3.63, 3.8) is 0 Å². The zero-order valence-electron chi connectivity index (χ0n) is 17.1. The van der Waals surface area contributed by atoms with Gasteiger partial charge in [-0.3, -0.25) is 14.3 Å². The second-order valence-corrected chi connectivity index (χ2v) is 11.0. The van der Waals surface area contributed by atoms with Crippen molar-refractivity contribution >= 4 is 40.4 Å². The maximum atomic E-state index is 12.4. The van der Waals surface area contributed by atoms with E-state index in [1.54, 1.807) is 0 Å². The highest BCUT2D eigenvalue weighted by atomic mass is 31.3. The van der Waals surface area contributed by atoms with Crippen molar-refractivity contribution in [1.29, 1.82) is 0 Å². The van der Waals surface area contributed by atoms with Gasteiger partial charge in [-0.25, -0.2) is 13.7 Å². The van der Waals surface area contributed by atoms with Crippen LogP contribution in [-0.2, 0) is 31.6 Å². The summed E-state index contributed by atoms with van der Waals surface area (Å²) in [5.41, 5.74) is 10.6. The average molecular weight is 557 g/mol. The quantitative estimate of drug-likeness (QED) is 0.147. The Labute approximate surface area is 194 Å². The lowest BCUT2D eigenvalue weighted by Crippen LogP contribution is -2.20. The van der Waals surface area contributed by atoms with Crippen LogP contribution in [0, 0.1) is 11.8 Å². The Kier molecular flexibility index (Phi) is 7.75. The highest BCUT2D eigenvalue weighted by Crippen LogP contribution is 2.66. The summed E-state index contributed by atoms with van der Waals surface area (Å²) in [5.74, 6) is 4.54. The minimum Gasteiger partial charge on any atom is -0.510 e. The fourth-order valence-electron chi connectivity index (χ4n) is 2.87. The monoisotopic (exact) mass is 557 g/mol. The van der Waals surface area contributed by atoms with E-state index in [-0.39, 0.29) is 29.1 Å². The van der Waals surface area contributed by atoms with E-state index in [2.05, 4.69) is 35.0 Å². The van der Waals surface area contributed by atoms with Gasteiger partial charge in [0.1, 0.15) is 11.9 Å². The fraction of sp³-hybridized carbons (Fsp3) is 0.286. The average Bonchev–Trinajstić information content (AvgIpc) is 3.22. The Morgan fingerprint density at radius 2 is 1.89 bits per heavy atom. The molecule has 0 aromatic carbocycles. The number of aliphatic hydroxyl groups is 1. The molecule has 1 aliphatic rings. The second kappa shape index (κ2) is 9.96. The van der Waals surface area contributed by atoms with E-state index in [0.29, 0.717) is 0 Å². The summed E-state index contributed by atoms with van der Waals surface area (Å²) in [7, 11) is -16.7. The first-order valence-corrected chi connectivity index (χ1v) is 13.6. The molecule has 0 amide bonds. The van der Waals surface area contributed by atoms with E-state index in [9.17, 15) is 33.4 Å². The van der Waals surface area contributed by atoms with Crippen LogP contribution in [0.5, 0.6) is 0 Å². The van der Waals surface area contributed by atoms with Gasteiger partial charge >= 0.3 is 23.5 Å². The number of phosphoric ester groups is 1. The predicted octanol–water partition coefficient (Wildman–Crippen LogP) is -0.700. The molecule has 21 heteroatoms. The molecule has 3 heterocycles. The van der Waals surface area contributed by atoms with Gasteiger partial charge in [-0.15, -0.1) is 0 Å². The third kappa shape index (κ3) is 6.87. The molecule has 0 saturated carbocycles. The van der Waals surface area contributed by atoms with E-state index in [1.165, 1.54) is 10.8 Å². The number of nitrogens with zero attached hydrogens (tertiary/aromatic N) is 2. The first-order chi connectivity index (χ1) is 16.1. The fourth-order valence-corrected chi connectivity index (χ4v) is 5.89. The lowest BCUT2D eigenvalue weighted by atomic mass is 10.2. The molecule has 4 atom stereocenters. The van der Waals surface area contributed by atoms with Crippen molar-refractivity contribution < 1.29 is 56.3 Å². The molecule has 0 radical (unpaired) electrons. The van der Waals surface area contributed by atoms with Crippen molar-refractivity contribution in [2.24, 2.45) is 5.73 Å². The van der Waals surface area contributed by atoms with Crippen LogP contribution in [-0.4, -0.2) is 58.5 Å². The smallest absolute Gasteiger partial charge is 0.490 e. The van der Waals surface area contributed by atoms with Gasteiger partial charge in [0.25, 0.3) is 5.56 Å². The van der Waals surface area contributed by atoms with Crippen LogP contribution < -0.4 is 17.0 Å². The molecule has 2 unspecified atom stereocenters. The lowest BCUT2D eigenvalue weighted by Gasteiger charge is -2.19. The molecule has 3 rings (SSSR count). The summed E-state index contributed by atoms with van der Waals surface area (Å²) in [6, 6.07) is 0. The maximum Gasteiger partial charge on any atom is 0.490 e. The number of nitrogens with two attached hydrogens (primary N) is 2. The van der Waals surface area contributed by atoms with Gasteiger partial charge in [-0.1, -0.05) is 11.8 Å². The first-order valence-electron chi connectivity index (χ1n) is 9.04. The third-order valence-electron chi connectivity index (χ3n) is 4.05. The highest BCUT2D eigenvalue weighted by Gasteiger charge is 2.42. The Morgan fingerprint density at radius 3 is 2.51 bits per heavy atom. The highest BCUT2D eigenvalue weighted by molar-refractivity contribution is 7.66. The van der Waals surface area contributed by atoms with Crippen LogP contribution in [0.1, 0.15) is 11.8 Å². The summed E-state index contributed by atoms with van der Waals surface area (Å²) >= 11 is 0. The number of phosphoric acid groups is 3. The summed E-state index contributed by atoms with van der Waals surface area (Å²) in [6.07, 6.45) is -0.0768.